The number of aryl methyl sites for hydroxylation is 1. The molecule has 0 aromatic heterocycles. The number of hydrogen-bond acceptors (Lipinski definition) is 2. The van der Waals surface area contributed by atoms with Crippen molar-refractivity contribution in [2.45, 2.75) is 51.9 Å². The number of fused-ring (bicyclic) bond motifs is 3. The first-order chi connectivity index (χ1) is 9.39. The summed E-state index contributed by atoms with van der Waals surface area (Å²) in [5.41, 5.74) is 2.80. The van der Waals surface area contributed by atoms with Gasteiger partial charge in [0.05, 0.1) is 7.11 Å². The molecule has 0 saturated heterocycles. The molecule has 0 aliphatic heterocycles. The second-order valence-corrected chi connectivity index (χ2v) is 7.18. The average molecular weight is 272 g/mol. The number of hydrogen-bond donors (Lipinski definition) is 0. The van der Waals surface area contributed by atoms with Crippen LogP contribution in [-0.2, 0) is 16.6 Å². The van der Waals surface area contributed by atoms with Crippen LogP contribution in [0.15, 0.2) is 18.2 Å². The second kappa shape index (κ2) is 4.34. The van der Waals surface area contributed by atoms with Crippen molar-refractivity contribution in [3.05, 3.63) is 29.3 Å². The Morgan fingerprint density at radius 3 is 2.65 bits per heavy atom. The molecule has 0 heterocycles. The predicted octanol–water partition coefficient (Wildman–Crippen LogP) is 3.90. The van der Waals surface area contributed by atoms with E-state index in [1.165, 1.54) is 11.1 Å². The molecule has 2 unspecified atom stereocenters. The molecule has 1 fully saturated rings. The zero-order valence-electron chi connectivity index (χ0n) is 13.0. The zero-order chi connectivity index (χ0) is 14.5. The number of benzene rings is 1. The molecule has 2 nitrogen and oxygen atoms in total. The molecule has 1 aromatic rings. The third kappa shape index (κ3) is 1.73. The van der Waals surface area contributed by atoms with E-state index >= 15 is 0 Å². The molecule has 20 heavy (non-hydrogen) atoms. The molecular formula is C18H24O2. The van der Waals surface area contributed by atoms with Crippen molar-refractivity contribution in [2.24, 2.45) is 11.3 Å². The van der Waals surface area contributed by atoms with Crippen LogP contribution in [0.25, 0.3) is 0 Å². The quantitative estimate of drug-likeness (QED) is 0.775. The van der Waals surface area contributed by atoms with E-state index in [0.717, 1.165) is 25.0 Å². The molecule has 1 aromatic carbocycles. The van der Waals surface area contributed by atoms with E-state index < -0.39 is 0 Å². The summed E-state index contributed by atoms with van der Waals surface area (Å²) < 4.78 is 5.35. The van der Waals surface area contributed by atoms with Crippen LogP contribution >= 0.6 is 0 Å². The summed E-state index contributed by atoms with van der Waals surface area (Å²) in [5.74, 6) is 1.84. The molecule has 0 radical (unpaired) electrons. The first kappa shape index (κ1) is 13.7. The lowest BCUT2D eigenvalue weighted by Gasteiger charge is -2.53. The van der Waals surface area contributed by atoms with Gasteiger partial charge in [-0.25, -0.2) is 0 Å². The van der Waals surface area contributed by atoms with Gasteiger partial charge in [0, 0.05) is 11.8 Å². The topological polar surface area (TPSA) is 26.3 Å². The third-order valence-electron chi connectivity index (χ3n) is 5.86. The van der Waals surface area contributed by atoms with Crippen LogP contribution in [0.5, 0.6) is 5.75 Å². The Balaban J connectivity index is 2.09. The van der Waals surface area contributed by atoms with Crippen LogP contribution in [0.3, 0.4) is 0 Å². The van der Waals surface area contributed by atoms with E-state index in [1.807, 2.05) is 0 Å². The molecule has 108 valence electrons. The van der Waals surface area contributed by atoms with E-state index in [9.17, 15) is 4.79 Å². The lowest BCUT2D eigenvalue weighted by molar-refractivity contribution is -0.137. The van der Waals surface area contributed by atoms with Gasteiger partial charge in [-0.1, -0.05) is 26.8 Å². The van der Waals surface area contributed by atoms with Crippen molar-refractivity contribution in [1.29, 1.82) is 0 Å². The fourth-order valence-corrected chi connectivity index (χ4v) is 4.62. The molecule has 1 saturated carbocycles. The van der Waals surface area contributed by atoms with Crippen molar-refractivity contribution in [1.82, 2.24) is 0 Å². The van der Waals surface area contributed by atoms with E-state index in [2.05, 4.69) is 39.0 Å². The van der Waals surface area contributed by atoms with Gasteiger partial charge in [0.1, 0.15) is 11.5 Å². The van der Waals surface area contributed by atoms with Gasteiger partial charge in [-0.15, -0.1) is 0 Å². The Morgan fingerprint density at radius 2 is 1.95 bits per heavy atom. The summed E-state index contributed by atoms with van der Waals surface area (Å²) in [4.78, 5) is 12.3. The molecule has 0 bridgehead atoms. The molecule has 0 spiro atoms. The predicted molar refractivity (Wildman–Crippen MR) is 80.2 cm³/mol. The van der Waals surface area contributed by atoms with Gasteiger partial charge in [-0.2, -0.15) is 0 Å². The Bertz CT molecular complexity index is 559. The summed E-state index contributed by atoms with van der Waals surface area (Å²) >= 11 is 0. The lowest BCUT2D eigenvalue weighted by atomic mass is 9.50. The monoisotopic (exact) mass is 272 g/mol. The number of carbonyl (C=O) groups excluding carboxylic acids is 1. The summed E-state index contributed by atoms with van der Waals surface area (Å²) in [5, 5.41) is 0. The number of ketones is 1. The molecule has 2 aliphatic carbocycles. The molecule has 0 N–H and O–H groups in total. The van der Waals surface area contributed by atoms with Gasteiger partial charge in [0.25, 0.3) is 0 Å². The van der Waals surface area contributed by atoms with E-state index in [1.54, 1.807) is 7.11 Å². The molecule has 2 aliphatic rings. The standard InChI is InChI=1S/C18H24O2/c1-17(2)15-8-5-12-11-13(20-4)6-7-14(12)18(15,3)10-9-16(17)19/h6-7,11,15H,5,8-10H2,1-4H3. The van der Waals surface area contributed by atoms with Gasteiger partial charge in [0.2, 0.25) is 0 Å². The first-order valence-corrected chi connectivity index (χ1v) is 7.60. The minimum atomic E-state index is -0.190. The number of carbonyl (C=O) groups is 1. The van der Waals surface area contributed by atoms with Crippen LogP contribution in [0.2, 0.25) is 0 Å². The first-order valence-electron chi connectivity index (χ1n) is 7.60. The van der Waals surface area contributed by atoms with Gasteiger partial charge in [0.15, 0.2) is 0 Å². The van der Waals surface area contributed by atoms with Crippen molar-refractivity contribution in [2.75, 3.05) is 7.11 Å². The highest BCUT2D eigenvalue weighted by molar-refractivity contribution is 5.86. The van der Waals surface area contributed by atoms with Crippen LogP contribution in [0.1, 0.15) is 51.2 Å². The zero-order valence-corrected chi connectivity index (χ0v) is 13.0. The molecule has 3 rings (SSSR count). The SMILES string of the molecule is COc1ccc2c(c1)CCC1C(C)(C)C(=O)CCC21C. The normalized spacial score (nSPS) is 31.4. The minimum absolute atomic E-state index is 0.136. The Labute approximate surface area is 121 Å². The summed E-state index contributed by atoms with van der Waals surface area (Å²) in [6.07, 6.45) is 3.86. The largest absolute Gasteiger partial charge is 0.497 e. The van der Waals surface area contributed by atoms with Gasteiger partial charge < -0.3 is 4.74 Å². The number of ether oxygens (including phenoxy) is 1. The lowest BCUT2D eigenvalue weighted by Crippen LogP contribution is -2.52. The van der Waals surface area contributed by atoms with Crippen LogP contribution in [0.4, 0.5) is 0 Å². The van der Waals surface area contributed by atoms with Gasteiger partial charge in [-0.3, -0.25) is 4.79 Å². The van der Waals surface area contributed by atoms with Gasteiger partial charge in [-0.05, 0) is 53.9 Å². The summed E-state index contributed by atoms with van der Waals surface area (Å²) in [7, 11) is 1.72. The maximum absolute atomic E-state index is 12.3. The summed E-state index contributed by atoms with van der Waals surface area (Å²) in [6, 6.07) is 6.47. The average Bonchev–Trinajstić information content (AvgIpc) is 2.43. The number of Topliss-reactive ketones (excluding diaryl/α,β-unsaturated/α-hetero) is 1. The fourth-order valence-electron chi connectivity index (χ4n) is 4.62. The maximum atomic E-state index is 12.3. The Morgan fingerprint density at radius 1 is 1.20 bits per heavy atom. The molecular weight excluding hydrogens is 248 g/mol. The van der Waals surface area contributed by atoms with Crippen LogP contribution < -0.4 is 4.74 Å². The summed E-state index contributed by atoms with van der Waals surface area (Å²) in [6.45, 7) is 6.65. The van der Waals surface area contributed by atoms with E-state index in [4.69, 9.17) is 4.74 Å². The highest BCUT2D eigenvalue weighted by Crippen LogP contribution is 2.55. The van der Waals surface area contributed by atoms with Crippen molar-refractivity contribution in [3.63, 3.8) is 0 Å². The number of methoxy groups -OCH3 is 1. The van der Waals surface area contributed by atoms with E-state index in [0.29, 0.717) is 18.1 Å². The highest BCUT2D eigenvalue weighted by atomic mass is 16.5. The van der Waals surface area contributed by atoms with Crippen LogP contribution in [-0.4, -0.2) is 12.9 Å². The molecule has 2 heteroatoms. The molecule has 2 atom stereocenters. The van der Waals surface area contributed by atoms with Gasteiger partial charge >= 0.3 is 0 Å². The fraction of sp³-hybridized carbons (Fsp3) is 0.611. The number of rotatable bonds is 1. The highest BCUT2D eigenvalue weighted by Gasteiger charge is 2.53. The van der Waals surface area contributed by atoms with Crippen LogP contribution in [0, 0.1) is 11.3 Å². The Hall–Kier alpha value is -1.31. The Kier molecular flexibility index (Phi) is 2.97. The maximum Gasteiger partial charge on any atom is 0.138 e. The third-order valence-corrected chi connectivity index (χ3v) is 5.86. The van der Waals surface area contributed by atoms with Crippen molar-refractivity contribution >= 4 is 5.78 Å². The van der Waals surface area contributed by atoms with Crippen molar-refractivity contribution < 1.29 is 9.53 Å². The van der Waals surface area contributed by atoms with E-state index in [-0.39, 0.29) is 10.8 Å². The van der Waals surface area contributed by atoms with Crippen molar-refractivity contribution in [3.8, 4) is 5.75 Å². The smallest absolute Gasteiger partial charge is 0.138 e. The minimum Gasteiger partial charge on any atom is -0.497 e. The second-order valence-electron chi connectivity index (χ2n) is 7.18. The molecule has 0 amide bonds.